The molecule has 0 aliphatic heterocycles. The molecule has 152 valence electrons. The highest BCUT2D eigenvalue weighted by molar-refractivity contribution is 6.02. The number of likely N-dealkylation sites (N-methyl/N-ethyl adjacent to an activating group) is 1. The second-order valence-corrected chi connectivity index (χ2v) is 6.29. The molecule has 0 bridgehead atoms. The molecule has 3 rings (SSSR count). The van der Waals surface area contributed by atoms with Crippen LogP contribution in [0, 0.1) is 0 Å². The number of hydrogen-bond acceptors (Lipinski definition) is 6. The fourth-order valence-electron chi connectivity index (χ4n) is 2.98. The summed E-state index contributed by atoms with van der Waals surface area (Å²) in [4.78, 5) is 26.5. The van der Waals surface area contributed by atoms with E-state index in [4.69, 9.17) is 14.2 Å². The predicted octanol–water partition coefficient (Wildman–Crippen LogP) is 2.79. The van der Waals surface area contributed by atoms with Crippen LogP contribution in [0.5, 0.6) is 11.5 Å². The second kappa shape index (κ2) is 9.09. The van der Waals surface area contributed by atoms with Gasteiger partial charge >= 0.3 is 5.97 Å². The molecule has 1 aromatic heterocycles. The summed E-state index contributed by atoms with van der Waals surface area (Å²) in [6, 6.07) is 12.7. The number of nitrogens with one attached hydrogen (secondary N) is 1. The molecule has 0 saturated carbocycles. The summed E-state index contributed by atoms with van der Waals surface area (Å²) >= 11 is 0. The summed E-state index contributed by atoms with van der Waals surface area (Å²) in [6.07, 6.45) is 0. The number of aromatic nitrogens is 2. The van der Waals surface area contributed by atoms with E-state index in [1.807, 2.05) is 37.3 Å². The lowest BCUT2D eigenvalue weighted by atomic mass is 10.2. The Morgan fingerprint density at radius 2 is 1.83 bits per heavy atom. The number of para-hydroxylation sites is 1. The number of esters is 1. The van der Waals surface area contributed by atoms with Crippen molar-refractivity contribution in [3.05, 3.63) is 53.7 Å². The first kappa shape index (κ1) is 20.2. The monoisotopic (exact) mass is 397 g/mol. The van der Waals surface area contributed by atoms with E-state index in [1.54, 1.807) is 31.3 Å². The van der Waals surface area contributed by atoms with Crippen LogP contribution in [0.15, 0.2) is 42.5 Å². The fraction of sp³-hybridized carbons (Fsp3) is 0.286. The highest BCUT2D eigenvalue weighted by Crippen LogP contribution is 2.28. The number of amides is 1. The van der Waals surface area contributed by atoms with Crippen molar-refractivity contribution in [3.63, 3.8) is 0 Å². The molecule has 8 nitrogen and oxygen atoms in total. The number of carbonyl (C=O) groups is 2. The van der Waals surface area contributed by atoms with Crippen LogP contribution in [0.2, 0.25) is 0 Å². The highest BCUT2D eigenvalue weighted by atomic mass is 16.5. The number of rotatable bonds is 8. The van der Waals surface area contributed by atoms with Gasteiger partial charge in [-0.05, 0) is 30.7 Å². The number of fused-ring (bicyclic) bond motifs is 1. The van der Waals surface area contributed by atoms with Crippen molar-refractivity contribution in [3.8, 4) is 11.5 Å². The Balaban J connectivity index is 1.63. The van der Waals surface area contributed by atoms with Crippen molar-refractivity contribution < 1.29 is 23.8 Å². The van der Waals surface area contributed by atoms with E-state index in [9.17, 15) is 9.59 Å². The Morgan fingerprint density at radius 3 is 2.55 bits per heavy atom. The SMILES string of the molecule is CCN(Cc1ccc(OC)c(OC)c1)C(=O)COC(=O)c1n[nH]c2ccccc12. The van der Waals surface area contributed by atoms with E-state index in [0.29, 0.717) is 30.0 Å². The lowest BCUT2D eigenvalue weighted by Crippen LogP contribution is -2.34. The third-order valence-electron chi connectivity index (χ3n) is 4.55. The molecule has 1 amide bonds. The van der Waals surface area contributed by atoms with Crippen molar-refractivity contribution in [2.45, 2.75) is 13.5 Å². The number of aromatic amines is 1. The first-order chi connectivity index (χ1) is 14.1. The first-order valence-electron chi connectivity index (χ1n) is 9.16. The van der Waals surface area contributed by atoms with Gasteiger partial charge in [0.1, 0.15) is 0 Å². The summed E-state index contributed by atoms with van der Waals surface area (Å²) < 4.78 is 15.7. The second-order valence-electron chi connectivity index (χ2n) is 6.29. The van der Waals surface area contributed by atoms with Crippen LogP contribution < -0.4 is 9.47 Å². The maximum atomic E-state index is 12.6. The van der Waals surface area contributed by atoms with Gasteiger partial charge in [0.05, 0.1) is 19.7 Å². The Hall–Kier alpha value is -3.55. The van der Waals surface area contributed by atoms with Crippen LogP contribution in [0.1, 0.15) is 23.0 Å². The van der Waals surface area contributed by atoms with Gasteiger partial charge in [-0.3, -0.25) is 9.89 Å². The molecule has 0 unspecified atom stereocenters. The predicted molar refractivity (Wildman–Crippen MR) is 107 cm³/mol. The van der Waals surface area contributed by atoms with Crippen molar-refractivity contribution in [1.82, 2.24) is 15.1 Å². The van der Waals surface area contributed by atoms with Crippen molar-refractivity contribution in [1.29, 1.82) is 0 Å². The average molecular weight is 397 g/mol. The van der Waals surface area contributed by atoms with Gasteiger partial charge in [-0.2, -0.15) is 5.10 Å². The van der Waals surface area contributed by atoms with Crippen LogP contribution in [-0.4, -0.2) is 54.3 Å². The van der Waals surface area contributed by atoms with Gasteiger partial charge in [0.15, 0.2) is 23.8 Å². The minimum absolute atomic E-state index is 0.163. The van der Waals surface area contributed by atoms with E-state index in [2.05, 4.69) is 10.2 Å². The molecule has 0 aliphatic carbocycles. The molecule has 0 saturated heterocycles. The van der Waals surface area contributed by atoms with Gasteiger partial charge in [-0.1, -0.05) is 24.3 Å². The average Bonchev–Trinajstić information content (AvgIpc) is 3.19. The molecule has 0 aliphatic rings. The van der Waals surface area contributed by atoms with E-state index in [-0.39, 0.29) is 18.2 Å². The standard InChI is InChI=1S/C21H23N3O5/c1-4-24(12-14-9-10-17(27-2)18(11-14)28-3)19(25)13-29-21(26)20-15-7-5-6-8-16(15)22-23-20/h5-11H,4,12-13H2,1-3H3,(H,22,23). The summed E-state index contributed by atoms with van der Waals surface area (Å²) in [7, 11) is 3.12. The Kier molecular flexibility index (Phi) is 6.33. The highest BCUT2D eigenvalue weighted by Gasteiger charge is 2.19. The molecule has 1 N–H and O–H groups in total. The summed E-state index contributed by atoms with van der Waals surface area (Å²) in [5, 5.41) is 7.42. The fourth-order valence-corrected chi connectivity index (χ4v) is 2.98. The Labute approximate surface area is 168 Å². The lowest BCUT2D eigenvalue weighted by Gasteiger charge is -2.21. The molecule has 0 fully saturated rings. The summed E-state index contributed by atoms with van der Waals surface area (Å²) in [6.45, 7) is 2.33. The molecule has 2 aromatic carbocycles. The normalized spacial score (nSPS) is 10.6. The number of carbonyl (C=O) groups excluding carboxylic acids is 2. The zero-order chi connectivity index (χ0) is 20.8. The van der Waals surface area contributed by atoms with E-state index in [1.165, 1.54) is 0 Å². The molecule has 1 heterocycles. The summed E-state index contributed by atoms with van der Waals surface area (Å²) in [5.41, 5.74) is 1.77. The molecular formula is C21H23N3O5. The molecule has 0 atom stereocenters. The van der Waals surface area contributed by atoms with Crippen LogP contribution in [0.3, 0.4) is 0 Å². The number of methoxy groups -OCH3 is 2. The minimum Gasteiger partial charge on any atom is -0.493 e. The zero-order valence-electron chi connectivity index (χ0n) is 16.6. The number of hydrogen-bond donors (Lipinski definition) is 1. The van der Waals surface area contributed by atoms with Gasteiger partial charge in [-0.15, -0.1) is 0 Å². The quantitative estimate of drug-likeness (QED) is 0.588. The topological polar surface area (TPSA) is 93.8 Å². The molecule has 0 radical (unpaired) electrons. The summed E-state index contributed by atoms with van der Waals surface area (Å²) in [5.74, 6) is 0.268. The third kappa shape index (κ3) is 4.48. The molecule has 8 heteroatoms. The zero-order valence-corrected chi connectivity index (χ0v) is 16.6. The van der Waals surface area contributed by atoms with E-state index < -0.39 is 5.97 Å². The van der Waals surface area contributed by atoms with Gasteiger partial charge in [0.2, 0.25) is 0 Å². The van der Waals surface area contributed by atoms with Crippen molar-refractivity contribution in [2.75, 3.05) is 27.4 Å². The largest absolute Gasteiger partial charge is 0.493 e. The van der Waals surface area contributed by atoms with Gasteiger partial charge in [0, 0.05) is 18.5 Å². The number of nitrogens with zero attached hydrogens (tertiary/aromatic N) is 2. The third-order valence-corrected chi connectivity index (χ3v) is 4.55. The first-order valence-corrected chi connectivity index (χ1v) is 9.16. The number of benzene rings is 2. The number of H-pyrrole nitrogens is 1. The van der Waals surface area contributed by atoms with E-state index in [0.717, 1.165) is 11.1 Å². The molecular weight excluding hydrogens is 374 g/mol. The van der Waals surface area contributed by atoms with Crippen molar-refractivity contribution in [2.24, 2.45) is 0 Å². The number of ether oxygens (including phenoxy) is 3. The van der Waals surface area contributed by atoms with Gasteiger partial charge in [0.25, 0.3) is 5.91 Å². The minimum atomic E-state index is -0.641. The van der Waals surface area contributed by atoms with Gasteiger partial charge in [-0.25, -0.2) is 4.79 Å². The molecule has 3 aromatic rings. The van der Waals surface area contributed by atoms with E-state index >= 15 is 0 Å². The molecule has 29 heavy (non-hydrogen) atoms. The maximum Gasteiger partial charge on any atom is 0.359 e. The maximum absolute atomic E-state index is 12.6. The molecule has 0 spiro atoms. The van der Waals surface area contributed by atoms with Crippen molar-refractivity contribution >= 4 is 22.8 Å². The van der Waals surface area contributed by atoms with Crippen LogP contribution in [-0.2, 0) is 16.1 Å². The van der Waals surface area contributed by atoms with Crippen LogP contribution in [0.25, 0.3) is 10.9 Å². The Morgan fingerprint density at radius 1 is 1.07 bits per heavy atom. The van der Waals surface area contributed by atoms with Crippen LogP contribution >= 0.6 is 0 Å². The Bertz CT molecular complexity index is 1010. The smallest absolute Gasteiger partial charge is 0.359 e. The van der Waals surface area contributed by atoms with Gasteiger partial charge < -0.3 is 19.1 Å². The van der Waals surface area contributed by atoms with Crippen LogP contribution in [0.4, 0.5) is 0 Å². The lowest BCUT2D eigenvalue weighted by molar-refractivity contribution is -0.134.